The van der Waals surface area contributed by atoms with Gasteiger partial charge < -0.3 is 4.74 Å². The van der Waals surface area contributed by atoms with Gasteiger partial charge in [0.15, 0.2) is 5.78 Å². The third-order valence-corrected chi connectivity index (χ3v) is 5.19. The highest BCUT2D eigenvalue weighted by Gasteiger charge is 2.05. The van der Waals surface area contributed by atoms with Crippen molar-refractivity contribution in [2.45, 2.75) is 26.4 Å². The Morgan fingerprint density at radius 1 is 0.903 bits per heavy atom. The number of carbonyl (C=O) groups excluding carboxylic acids is 1. The third-order valence-electron chi connectivity index (χ3n) is 5.19. The summed E-state index contributed by atoms with van der Waals surface area (Å²) in [7, 11) is 0. The fourth-order valence-electron chi connectivity index (χ4n) is 3.22. The molecule has 1 unspecified atom stereocenters. The molecule has 4 heteroatoms. The molecule has 0 radical (unpaired) electrons. The normalized spacial score (nSPS) is 12.2. The summed E-state index contributed by atoms with van der Waals surface area (Å²) in [6.45, 7) is 4.17. The van der Waals surface area contributed by atoms with Crippen LogP contribution < -0.4 is 4.74 Å². The number of hydrogen-bond donors (Lipinski definition) is 0. The van der Waals surface area contributed by atoms with E-state index in [1.165, 1.54) is 0 Å². The number of aromatic nitrogens is 2. The number of ether oxygens (including phenoxy) is 1. The number of ketones is 1. The molecule has 0 aliphatic carbocycles. The molecule has 4 rings (SSSR count). The number of hydrogen-bond acceptors (Lipinski definition) is 4. The second-order valence-corrected chi connectivity index (χ2v) is 7.44. The molecular weight excluding hydrogens is 384 g/mol. The van der Waals surface area contributed by atoms with E-state index in [9.17, 15) is 4.79 Å². The Kier molecular flexibility index (Phi) is 6.18. The summed E-state index contributed by atoms with van der Waals surface area (Å²) in [6, 6.07) is 21.5. The first-order valence-electron chi connectivity index (χ1n) is 10.4. The standard InChI is InChI=1S/C27H24N2O2/c1-3-19(2)31-24-12-10-22(11-13-24)21-6-8-23(9-7-21)27(30)15-5-20-4-14-25-26(18-20)29-17-16-28-25/h4-19H,3H2,1-2H3/b15-5+. The van der Waals surface area contributed by atoms with Gasteiger partial charge in [0.25, 0.3) is 0 Å². The molecule has 1 atom stereocenters. The molecular formula is C27H24N2O2. The molecule has 0 aliphatic heterocycles. The minimum atomic E-state index is -0.0388. The number of fused-ring (bicyclic) bond motifs is 1. The molecule has 1 aromatic heterocycles. The largest absolute Gasteiger partial charge is 0.491 e. The average molecular weight is 409 g/mol. The van der Waals surface area contributed by atoms with E-state index in [0.717, 1.165) is 39.9 Å². The Morgan fingerprint density at radius 3 is 2.23 bits per heavy atom. The molecule has 0 aliphatic rings. The topological polar surface area (TPSA) is 52.1 Å². The maximum Gasteiger partial charge on any atom is 0.185 e. The fraction of sp³-hybridized carbons (Fsp3) is 0.148. The van der Waals surface area contributed by atoms with Crippen LogP contribution in [-0.2, 0) is 0 Å². The molecule has 0 saturated carbocycles. The van der Waals surface area contributed by atoms with E-state index in [1.54, 1.807) is 24.5 Å². The van der Waals surface area contributed by atoms with Gasteiger partial charge in [-0.3, -0.25) is 14.8 Å². The molecule has 154 valence electrons. The van der Waals surface area contributed by atoms with Crippen LogP contribution in [0.4, 0.5) is 0 Å². The lowest BCUT2D eigenvalue weighted by Crippen LogP contribution is -2.09. The molecule has 0 amide bonds. The SMILES string of the molecule is CCC(C)Oc1ccc(-c2ccc(C(=O)/C=C/c3ccc4nccnc4c3)cc2)cc1. The van der Waals surface area contributed by atoms with E-state index in [0.29, 0.717) is 5.56 Å². The summed E-state index contributed by atoms with van der Waals surface area (Å²) in [6.07, 6.45) is 7.90. The Hall–Kier alpha value is -3.79. The zero-order valence-corrected chi connectivity index (χ0v) is 17.7. The van der Waals surface area contributed by atoms with E-state index < -0.39 is 0 Å². The van der Waals surface area contributed by atoms with Crippen molar-refractivity contribution in [1.82, 2.24) is 9.97 Å². The second kappa shape index (κ2) is 9.35. The number of carbonyl (C=O) groups is 1. The van der Waals surface area contributed by atoms with Gasteiger partial charge in [0.2, 0.25) is 0 Å². The van der Waals surface area contributed by atoms with Crippen LogP contribution in [0.2, 0.25) is 0 Å². The van der Waals surface area contributed by atoms with Crippen molar-refractivity contribution in [1.29, 1.82) is 0 Å². The van der Waals surface area contributed by atoms with Gasteiger partial charge in [-0.2, -0.15) is 0 Å². The second-order valence-electron chi connectivity index (χ2n) is 7.44. The van der Waals surface area contributed by atoms with Gasteiger partial charge in [-0.1, -0.05) is 55.5 Å². The van der Waals surface area contributed by atoms with E-state index in [1.807, 2.05) is 66.7 Å². The highest BCUT2D eigenvalue weighted by atomic mass is 16.5. The summed E-state index contributed by atoms with van der Waals surface area (Å²) in [5.41, 5.74) is 5.35. The molecule has 31 heavy (non-hydrogen) atoms. The summed E-state index contributed by atoms with van der Waals surface area (Å²) in [4.78, 5) is 21.1. The zero-order chi connectivity index (χ0) is 21.6. The molecule has 0 saturated heterocycles. The summed E-state index contributed by atoms with van der Waals surface area (Å²) < 4.78 is 5.83. The van der Waals surface area contributed by atoms with Gasteiger partial charge in [0.05, 0.1) is 17.1 Å². The molecule has 1 heterocycles. The lowest BCUT2D eigenvalue weighted by Gasteiger charge is -2.12. The summed E-state index contributed by atoms with van der Waals surface area (Å²) in [5.74, 6) is 0.831. The van der Waals surface area contributed by atoms with Crippen LogP contribution in [0.3, 0.4) is 0 Å². The van der Waals surface area contributed by atoms with Crippen molar-refractivity contribution in [2.75, 3.05) is 0 Å². The zero-order valence-electron chi connectivity index (χ0n) is 17.7. The highest BCUT2D eigenvalue weighted by Crippen LogP contribution is 2.24. The number of benzene rings is 3. The van der Waals surface area contributed by atoms with Gasteiger partial charge in [0.1, 0.15) is 5.75 Å². The number of allylic oxidation sites excluding steroid dienone is 1. The van der Waals surface area contributed by atoms with Crippen LogP contribution in [0.15, 0.2) is 85.2 Å². The Morgan fingerprint density at radius 2 is 1.55 bits per heavy atom. The minimum Gasteiger partial charge on any atom is -0.491 e. The van der Waals surface area contributed by atoms with Crippen LogP contribution in [0, 0.1) is 0 Å². The Balaban J connectivity index is 1.44. The molecule has 0 fully saturated rings. The molecule has 4 aromatic rings. The van der Waals surface area contributed by atoms with Crippen molar-refractivity contribution < 1.29 is 9.53 Å². The minimum absolute atomic E-state index is 0.0388. The predicted molar refractivity (Wildman–Crippen MR) is 125 cm³/mol. The van der Waals surface area contributed by atoms with Crippen molar-refractivity contribution in [3.8, 4) is 16.9 Å². The number of nitrogens with zero attached hydrogens (tertiary/aromatic N) is 2. The molecule has 0 bridgehead atoms. The first-order valence-corrected chi connectivity index (χ1v) is 10.4. The molecule has 0 N–H and O–H groups in total. The van der Waals surface area contributed by atoms with E-state index in [-0.39, 0.29) is 11.9 Å². The van der Waals surface area contributed by atoms with Gasteiger partial charge in [-0.05, 0) is 60.4 Å². The molecule has 3 aromatic carbocycles. The maximum absolute atomic E-state index is 12.6. The van der Waals surface area contributed by atoms with Crippen molar-refractivity contribution >= 4 is 22.9 Å². The van der Waals surface area contributed by atoms with Crippen LogP contribution >= 0.6 is 0 Å². The first kappa shape index (κ1) is 20.5. The lowest BCUT2D eigenvalue weighted by atomic mass is 10.0. The van der Waals surface area contributed by atoms with Crippen molar-refractivity contribution in [3.63, 3.8) is 0 Å². The third kappa shape index (κ3) is 5.04. The average Bonchev–Trinajstić information content (AvgIpc) is 2.83. The summed E-state index contributed by atoms with van der Waals surface area (Å²) in [5, 5.41) is 0. The van der Waals surface area contributed by atoms with Crippen LogP contribution in [0.5, 0.6) is 5.75 Å². The van der Waals surface area contributed by atoms with E-state index in [2.05, 4.69) is 23.8 Å². The number of rotatable bonds is 7. The monoisotopic (exact) mass is 408 g/mol. The van der Waals surface area contributed by atoms with Crippen LogP contribution in [0.1, 0.15) is 36.2 Å². The molecule has 0 spiro atoms. The summed E-state index contributed by atoms with van der Waals surface area (Å²) >= 11 is 0. The van der Waals surface area contributed by atoms with Crippen LogP contribution in [0.25, 0.3) is 28.2 Å². The van der Waals surface area contributed by atoms with Crippen LogP contribution in [-0.4, -0.2) is 21.9 Å². The van der Waals surface area contributed by atoms with Gasteiger partial charge in [-0.15, -0.1) is 0 Å². The van der Waals surface area contributed by atoms with Crippen molar-refractivity contribution in [2.24, 2.45) is 0 Å². The quantitative estimate of drug-likeness (QED) is 0.263. The smallest absolute Gasteiger partial charge is 0.185 e. The highest BCUT2D eigenvalue weighted by molar-refractivity contribution is 6.07. The maximum atomic E-state index is 12.6. The van der Waals surface area contributed by atoms with Crippen molar-refractivity contribution in [3.05, 3.63) is 96.3 Å². The predicted octanol–water partition coefficient (Wildman–Crippen LogP) is 6.37. The van der Waals surface area contributed by atoms with E-state index in [4.69, 9.17) is 4.74 Å². The Bertz CT molecular complexity index is 1210. The first-order chi connectivity index (χ1) is 15.1. The van der Waals surface area contributed by atoms with E-state index >= 15 is 0 Å². The lowest BCUT2D eigenvalue weighted by molar-refractivity contribution is 0.104. The fourth-order valence-corrected chi connectivity index (χ4v) is 3.22. The van der Waals surface area contributed by atoms with Gasteiger partial charge >= 0.3 is 0 Å². The molecule has 4 nitrogen and oxygen atoms in total. The van der Waals surface area contributed by atoms with Gasteiger partial charge in [0, 0.05) is 18.0 Å². The van der Waals surface area contributed by atoms with Gasteiger partial charge in [-0.25, -0.2) is 0 Å². The Labute approximate surface area is 182 Å².